The Morgan fingerprint density at radius 3 is 2.64 bits per heavy atom. The molecule has 1 aromatic rings. The SMILES string of the molecule is CCC(CC)(CCl)CNc1nncs1. The largest absolute Gasteiger partial charge is 0.359 e. The Morgan fingerprint density at radius 1 is 1.50 bits per heavy atom. The van der Waals surface area contributed by atoms with Crippen LogP contribution in [0, 0.1) is 5.41 Å². The molecule has 0 saturated heterocycles. The van der Waals surface area contributed by atoms with Gasteiger partial charge in [0.25, 0.3) is 0 Å². The maximum absolute atomic E-state index is 5.99. The molecule has 1 aromatic heterocycles. The molecule has 80 valence electrons. The van der Waals surface area contributed by atoms with E-state index in [-0.39, 0.29) is 5.41 Å². The van der Waals surface area contributed by atoms with E-state index in [9.17, 15) is 0 Å². The summed E-state index contributed by atoms with van der Waals surface area (Å²) in [6, 6.07) is 0. The first-order valence-electron chi connectivity index (χ1n) is 4.82. The molecule has 3 nitrogen and oxygen atoms in total. The maximum Gasteiger partial charge on any atom is 0.205 e. The normalized spacial score (nSPS) is 11.6. The van der Waals surface area contributed by atoms with Crippen molar-refractivity contribution in [1.82, 2.24) is 10.2 Å². The minimum atomic E-state index is 0.188. The lowest BCUT2D eigenvalue weighted by Crippen LogP contribution is -2.30. The van der Waals surface area contributed by atoms with Crippen LogP contribution in [0.4, 0.5) is 5.13 Å². The van der Waals surface area contributed by atoms with Crippen LogP contribution in [0.15, 0.2) is 5.51 Å². The van der Waals surface area contributed by atoms with Crippen molar-refractivity contribution in [2.24, 2.45) is 5.41 Å². The van der Waals surface area contributed by atoms with E-state index < -0.39 is 0 Å². The van der Waals surface area contributed by atoms with Crippen LogP contribution in [0.3, 0.4) is 0 Å². The van der Waals surface area contributed by atoms with Crippen molar-refractivity contribution in [3.63, 3.8) is 0 Å². The van der Waals surface area contributed by atoms with Gasteiger partial charge in [0.05, 0.1) is 0 Å². The molecule has 0 radical (unpaired) electrons. The Labute approximate surface area is 93.9 Å². The predicted octanol–water partition coefficient (Wildman–Crippen LogP) is 3.00. The summed E-state index contributed by atoms with van der Waals surface area (Å²) >= 11 is 7.51. The summed E-state index contributed by atoms with van der Waals surface area (Å²) in [6.45, 7) is 5.22. The third kappa shape index (κ3) is 2.82. The van der Waals surface area contributed by atoms with Crippen molar-refractivity contribution in [3.8, 4) is 0 Å². The second-order valence-corrected chi connectivity index (χ2v) is 4.54. The number of rotatable bonds is 6. The predicted molar refractivity (Wildman–Crippen MR) is 62.1 cm³/mol. The molecule has 0 aliphatic rings. The lowest BCUT2D eigenvalue weighted by atomic mass is 9.84. The zero-order valence-corrected chi connectivity index (χ0v) is 10.2. The first-order chi connectivity index (χ1) is 6.76. The Balaban J connectivity index is 2.48. The monoisotopic (exact) mass is 233 g/mol. The van der Waals surface area contributed by atoms with Gasteiger partial charge in [-0.15, -0.1) is 21.8 Å². The third-order valence-electron chi connectivity index (χ3n) is 2.76. The Kier molecular flexibility index (Phi) is 4.62. The van der Waals surface area contributed by atoms with E-state index in [0.717, 1.165) is 24.5 Å². The van der Waals surface area contributed by atoms with Gasteiger partial charge in [0.2, 0.25) is 5.13 Å². The van der Waals surface area contributed by atoms with Gasteiger partial charge in [0, 0.05) is 17.8 Å². The molecule has 1 rings (SSSR count). The number of nitrogens with one attached hydrogen (secondary N) is 1. The highest BCUT2D eigenvalue weighted by molar-refractivity contribution is 7.13. The molecule has 1 heterocycles. The zero-order chi connectivity index (χ0) is 10.4. The summed E-state index contributed by atoms with van der Waals surface area (Å²) in [4.78, 5) is 0. The van der Waals surface area contributed by atoms with E-state index in [4.69, 9.17) is 11.6 Å². The van der Waals surface area contributed by atoms with Gasteiger partial charge < -0.3 is 5.32 Å². The number of anilines is 1. The van der Waals surface area contributed by atoms with E-state index in [1.54, 1.807) is 5.51 Å². The highest BCUT2D eigenvalue weighted by atomic mass is 35.5. The molecule has 0 bridgehead atoms. The van der Waals surface area contributed by atoms with Gasteiger partial charge in [-0.2, -0.15) is 0 Å². The van der Waals surface area contributed by atoms with Gasteiger partial charge in [-0.25, -0.2) is 0 Å². The smallest absolute Gasteiger partial charge is 0.205 e. The summed E-state index contributed by atoms with van der Waals surface area (Å²) in [5.74, 6) is 0.686. The third-order valence-corrected chi connectivity index (χ3v) is 3.97. The number of halogens is 1. The topological polar surface area (TPSA) is 37.8 Å². The molecule has 5 heteroatoms. The zero-order valence-electron chi connectivity index (χ0n) is 8.59. The lowest BCUT2D eigenvalue weighted by Gasteiger charge is -2.29. The van der Waals surface area contributed by atoms with Crippen LogP contribution in [-0.4, -0.2) is 22.6 Å². The molecule has 0 aliphatic carbocycles. The fraction of sp³-hybridized carbons (Fsp3) is 0.778. The Morgan fingerprint density at radius 2 is 2.21 bits per heavy atom. The van der Waals surface area contributed by atoms with Gasteiger partial charge >= 0.3 is 0 Å². The number of aromatic nitrogens is 2. The average molecular weight is 234 g/mol. The lowest BCUT2D eigenvalue weighted by molar-refractivity contribution is 0.327. The fourth-order valence-corrected chi connectivity index (χ4v) is 2.17. The minimum Gasteiger partial charge on any atom is -0.359 e. The molecule has 0 spiro atoms. The molecule has 14 heavy (non-hydrogen) atoms. The summed E-state index contributed by atoms with van der Waals surface area (Å²) in [7, 11) is 0. The van der Waals surface area contributed by atoms with Gasteiger partial charge in [-0.1, -0.05) is 25.2 Å². The summed E-state index contributed by atoms with van der Waals surface area (Å²) < 4.78 is 0. The molecule has 0 aromatic carbocycles. The quantitative estimate of drug-likeness (QED) is 0.768. The molecule has 0 unspecified atom stereocenters. The summed E-state index contributed by atoms with van der Waals surface area (Å²) in [5, 5.41) is 11.9. The first kappa shape index (κ1) is 11.7. The van der Waals surface area contributed by atoms with Gasteiger partial charge in [0.1, 0.15) is 5.51 Å². The minimum absolute atomic E-state index is 0.188. The van der Waals surface area contributed by atoms with Crippen molar-refractivity contribution in [1.29, 1.82) is 0 Å². The van der Waals surface area contributed by atoms with Crippen LogP contribution in [0.2, 0.25) is 0 Å². The van der Waals surface area contributed by atoms with Crippen molar-refractivity contribution in [2.75, 3.05) is 17.7 Å². The van der Waals surface area contributed by atoms with Crippen molar-refractivity contribution < 1.29 is 0 Å². The van der Waals surface area contributed by atoms with Crippen LogP contribution in [0.1, 0.15) is 26.7 Å². The van der Waals surface area contributed by atoms with Crippen molar-refractivity contribution in [2.45, 2.75) is 26.7 Å². The summed E-state index contributed by atoms with van der Waals surface area (Å²) in [6.07, 6.45) is 2.16. The van der Waals surface area contributed by atoms with Crippen LogP contribution in [0.25, 0.3) is 0 Å². The molecule has 0 amide bonds. The fourth-order valence-electron chi connectivity index (χ4n) is 1.25. The van der Waals surface area contributed by atoms with Gasteiger partial charge in [-0.3, -0.25) is 0 Å². The van der Waals surface area contributed by atoms with Gasteiger partial charge in [0.15, 0.2) is 0 Å². The van der Waals surface area contributed by atoms with E-state index in [1.807, 2.05) is 0 Å². The molecule has 0 atom stereocenters. The first-order valence-corrected chi connectivity index (χ1v) is 6.24. The van der Waals surface area contributed by atoms with Crippen LogP contribution in [0.5, 0.6) is 0 Å². The highest BCUT2D eigenvalue weighted by Crippen LogP contribution is 2.28. The highest BCUT2D eigenvalue weighted by Gasteiger charge is 2.24. The molecular formula is C9H16ClN3S. The van der Waals surface area contributed by atoms with E-state index in [2.05, 4.69) is 29.4 Å². The maximum atomic E-state index is 5.99. The van der Waals surface area contributed by atoms with E-state index >= 15 is 0 Å². The Hall–Kier alpha value is -0.350. The average Bonchev–Trinajstić information content (AvgIpc) is 2.74. The van der Waals surface area contributed by atoms with Gasteiger partial charge in [-0.05, 0) is 12.8 Å². The second-order valence-electron chi connectivity index (χ2n) is 3.44. The molecule has 0 saturated carbocycles. The molecule has 0 aliphatic heterocycles. The van der Waals surface area contributed by atoms with Crippen LogP contribution in [-0.2, 0) is 0 Å². The standard InChI is InChI=1S/C9H16ClN3S/c1-3-9(4-2,5-10)6-11-8-13-12-7-14-8/h7H,3-6H2,1-2H3,(H,11,13). The van der Waals surface area contributed by atoms with Crippen molar-refractivity contribution >= 4 is 28.1 Å². The molecule has 0 fully saturated rings. The second kappa shape index (κ2) is 5.51. The van der Waals surface area contributed by atoms with E-state index in [1.165, 1.54) is 11.3 Å². The number of nitrogens with zero attached hydrogens (tertiary/aromatic N) is 2. The molecular weight excluding hydrogens is 218 g/mol. The van der Waals surface area contributed by atoms with E-state index in [0.29, 0.717) is 5.88 Å². The van der Waals surface area contributed by atoms with Crippen molar-refractivity contribution in [3.05, 3.63) is 5.51 Å². The Bertz CT molecular complexity index is 238. The van der Waals surface area contributed by atoms with Crippen LogP contribution >= 0.6 is 22.9 Å². The number of hydrogen-bond acceptors (Lipinski definition) is 4. The van der Waals surface area contributed by atoms with Crippen LogP contribution < -0.4 is 5.32 Å². The summed E-state index contributed by atoms with van der Waals surface area (Å²) in [5.41, 5.74) is 1.91. The molecule has 1 N–H and O–H groups in total. The number of alkyl halides is 1. The number of hydrogen-bond donors (Lipinski definition) is 1.